The van der Waals surface area contributed by atoms with Crippen LogP contribution in [0.3, 0.4) is 0 Å². The number of para-hydroxylation sites is 1. The van der Waals surface area contributed by atoms with Gasteiger partial charge >= 0.3 is 0 Å². The van der Waals surface area contributed by atoms with Crippen molar-refractivity contribution in [3.05, 3.63) is 60.2 Å². The lowest BCUT2D eigenvalue weighted by atomic mass is 10.1. The van der Waals surface area contributed by atoms with Gasteiger partial charge in [-0.3, -0.25) is 4.79 Å². The third kappa shape index (κ3) is 4.45. The fraction of sp³-hybridized carbons (Fsp3) is 0.235. The van der Waals surface area contributed by atoms with Crippen LogP contribution in [0.5, 0.6) is 11.5 Å². The SMILES string of the molecule is Cl.O=C(N[C@H]1CNC[C@@H]1O)c1ccc(Oc2ccccc2)cc1. The van der Waals surface area contributed by atoms with Gasteiger partial charge in [-0.05, 0) is 36.4 Å². The summed E-state index contributed by atoms with van der Waals surface area (Å²) in [4.78, 5) is 12.1. The molecule has 0 aliphatic carbocycles. The highest BCUT2D eigenvalue weighted by Crippen LogP contribution is 2.21. The quantitative estimate of drug-likeness (QED) is 0.799. The fourth-order valence-corrected chi connectivity index (χ4v) is 2.36. The number of benzene rings is 2. The van der Waals surface area contributed by atoms with E-state index in [1.54, 1.807) is 24.3 Å². The summed E-state index contributed by atoms with van der Waals surface area (Å²) in [7, 11) is 0. The summed E-state index contributed by atoms with van der Waals surface area (Å²) >= 11 is 0. The molecule has 0 spiro atoms. The van der Waals surface area contributed by atoms with Crippen LogP contribution in [-0.4, -0.2) is 36.2 Å². The molecule has 6 heteroatoms. The topological polar surface area (TPSA) is 70.6 Å². The number of hydrogen-bond acceptors (Lipinski definition) is 4. The molecule has 0 radical (unpaired) electrons. The first-order valence-corrected chi connectivity index (χ1v) is 7.25. The summed E-state index contributed by atoms with van der Waals surface area (Å²) < 4.78 is 5.68. The number of amides is 1. The van der Waals surface area contributed by atoms with Crippen LogP contribution in [0, 0.1) is 0 Å². The van der Waals surface area contributed by atoms with Gasteiger partial charge in [0.2, 0.25) is 0 Å². The van der Waals surface area contributed by atoms with Crippen molar-refractivity contribution in [2.75, 3.05) is 13.1 Å². The Morgan fingerprint density at radius 2 is 1.70 bits per heavy atom. The number of hydrogen-bond donors (Lipinski definition) is 3. The molecule has 1 saturated heterocycles. The van der Waals surface area contributed by atoms with Crippen LogP contribution in [0.2, 0.25) is 0 Å². The second-order valence-corrected chi connectivity index (χ2v) is 5.25. The number of ether oxygens (including phenoxy) is 1. The van der Waals surface area contributed by atoms with Crippen LogP contribution in [-0.2, 0) is 0 Å². The molecule has 0 unspecified atom stereocenters. The van der Waals surface area contributed by atoms with Crippen LogP contribution in [0.1, 0.15) is 10.4 Å². The summed E-state index contributed by atoms with van der Waals surface area (Å²) in [6.07, 6.45) is -0.537. The molecular weight excluding hydrogens is 316 g/mol. The van der Waals surface area contributed by atoms with E-state index in [0.717, 1.165) is 5.75 Å². The number of carbonyl (C=O) groups excluding carboxylic acids is 1. The summed E-state index contributed by atoms with van der Waals surface area (Å²) in [6, 6.07) is 16.2. The number of aliphatic hydroxyl groups excluding tert-OH is 1. The van der Waals surface area contributed by atoms with Crippen LogP contribution >= 0.6 is 12.4 Å². The lowest BCUT2D eigenvalue weighted by Gasteiger charge is -2.15. The number of rotatable bonds is 4. The lowest BCUT2D eigenvalue weighted by Crippen LogP contribution is -2.42. The van der Waals surface area contributed by atoms with E-state index in [1.165, 1.54) is 0 Å². The average Bonchev–Trinajstić information content (AvgIpc) is 2.94. The normalized spacial score (nSPS) is 19.7. The van der Waals surface area contributed by atoms with E-state index in [0.29, 0.717) is 24.4 Å². The predicted octanol–water partition coefficient (Wildman–Crippen LogP) is 1.96. The first kappa shape index (κ1) is 17.3. The van der Waals surface area contributed by atoms with Gasteiger partial charge in [-0.1, -0.05) is 18.2 Å². The van der Waals surface area contributed by atoms with Crippen LogP contribution in [0.25, 0.3) is 0 Å². The molecule has 1 fully saturated rings. The monoisotopic (exact) mass is 334 g/mol. The Balaban J connectivity index is 0.00000192. The van der Waals surface area contributed by atoms with Crippen LogP contribution in [0.15, 0.2) is 54.6 Å². The minimum Gasteiger partial charge on any atom is -0.457 e. The van der Waals surface area contributed by atoms with E-state index in [1.807, 2.05) is 30.3 Å². The number of halogens is 1. The van der Waals surface area contributed by atoms with Gasteiger partial charge in [-0.2, -0.15) is 0 Å². The Hall–Kier alpha value is -2.08. The molecule has 0 bridgehead atoms. The largest absolute Gasteiger partial charge is 0.457 e. The van der Waals surface area contributed by atoms with Gasteiger partial charge < -0.3 is 20.5 Å². The molecule has 122 valence electrons. The molecule has 1 heterocycles. The second-order valence-electron chi connectivity index (χ2n) is 5.25. The Bertz CT molecular complexity index is 634. The molecule has 1 aliphatic rings. The van der Waals surface area contributed by atoms with Crippen molar-refractivity contribution in [3.63, 3.8) is 0 Å². The highest BCUT2D eigenvalue weighted by Gasteiger charge is 2.26. The van der Waals surface area contributed by atoms with Gasteiger partial charge in [0, 0.05) is 18.7 Å². The van der Waals surface area contributed by atoms with Gasteiger partial charge in [0.25, 0.3) is 5.91 Å². The fourth-order valence-electron chi connectivity index (χ4n) is 2.36. The van der Waals surface area contributed by atoms with Crippen molar-refractivity contribution in [3.8, 4) is 11.5 Å². The molecule has 1 aliphatic heterocycles. The molecule has 23 heavy (non-hydrogen) atoms. The number of β-amino-alcohol motifs (C(OH)–C–C–N with tert-alkyl or cyclic N) is 1. The Labute approximate surface area is 141 Å². The van der Waals surface area contributed by atoms with E-state index in [2.05, 4.69) is 10.6 Å². The van der Waals surface area contributed by atoms with E-state index in [9.17, 15) is 9.90 Å². The van der Waals surface area contributed by atoms with Crippen LogP contribution < -0.4 is 15.4 Å². The number of aliphatic hydroxyl groups is 1. The highest BCUT2D eigenvalue weighted by molar-refractivity contribution is 5.94. The maximum Gasteiger partial charge on any atom is 0.251 e. The van der Waals surface area contributed by atoms with Gasteiger partial charge in [-0.15, -0.1) is 12.4 Å². The first-order valence-electron chi connectivity index (χ1n) is 7.25. The average molecular weight is 335 g/mol. The molecular formula is C17H19ClN2O3. The van der Waals surface area contributed by atoms with Crippen LogP contribution in [0.4, 0.5) is 0 Å². The Kier molecular flexibility index (Phi) is 5.98. The predicted molar refractivity (Wildman–Crippen MR) is 90.3 cm³/mol. The number of carbonyl (C=O) groups is 1. The van der Waals surface area contributed by atoms with Gasteiger partial charge in [0.1, 0.15) is 11.5 Å². The summed E-state index contributed by atoms with van der Waals surface area (Å²) in [5.41, 5.74) is 0.541. The van der Waals surface area contributed by atoms with Crippen molar-refractivity contribution in [1.29, 1.82) is 0 Å². The zero-order valence-corrected chi connectivity index (χ0v) is 13.3. The molecule has 3 rings (SSSR count). The molecule has 2 atom stereocenters. The van der Waals surface area contributed by atoms with E-state index in [4.69, 9.17) is 4.74 Å². The molecule has 2 aromatic carbocycles. The summed E-state index contributed by atoms with van der Waals surface area (Å²) in [6.45, 7) is 1.09. The van der Waals surface area contributed by atoms with Crippen molar-refractivity contribution in [2.24, 2.45) is 0 Å². The zero-order chi connectivity index (χ0) is 15.4. The highest BCUT2D eigenvalue weighted by atomic mass is 35.5. The minimum atomic E-state index is -0.537. The maximum atomic E-state index is 12.1. The molecule has 2 aromatic rings. The number of nitrogens with one attached hydrogen (secondary N) is 2. The third-order valence-electron chi connectivity index (χ3n) is 3.59. The van der Waals surface area contributed by atoms with E-state index in [-0.39, 0.29) is 24.4 Å². The van der Waals surface area contributed by atoms with Gasteiger partial charge in [-0.25, -0.2) is 0 Å². The molecule has 0 aromatic heterocycles. The third-order valence-corrected chi connectivity index (χ3v) is 3.59. The van der Waals surface area contributed by atoms with E-state index >= 15 is 0 Å². The minimum absolute atomic E-state index is 0. The van der Waals surface area contributed by atoms with Crippen molar-refractivity contribution in [2.45, 2.75) is 12.1 Å². The Morgan fingerprint density at radius 1 is 1.04 bits per heavy atom. The summed E-state index contributed by atoms with van der Waals surface area (Å²) in [5.74, 6) is 1.23. The zero-order valence-electron chi connectivity index (χ0n) is 12.4. The first-order chi connectivity index (χ1) is 10.7. The maximum absolute atomic E-state index is 12.1. The van der Waals surface area contributed by atoms with Crippen molar-refractivity contribution in [1.82, 2.24) is 10.6 Å². The second kappa shape index (κ2) is 7.97. The Morgan fingerprint density at radius 3 is 2.30 bits per heavy atom. The molecule has 0 saturated carbocycles. The standard InChI is InChI=1S/C17H18N2O3.ClH/c20-16-11-18-10-15(16)19-17(21)12-6-8-14(9-7-12)22-13-4-2-1-3-5-13;/h1-9,15-16,18,20H,10-11H2,(H,19,21);1H/t15-,16-;/m0./s1. The molecule has 3 N–H and O–H groups in total. The lowest BCUT2D eigenvalue weighted by molar-refractivity contribution is 0.0888. The van der Waals surface area contributed by atoms with Crippen molar-refractivity contribution < 1.29 is 14.6 Å². The summed E-state index contributed by atoms with van der Waals surface area (Å²) in [5, 5.41) is 15.5. The molecule has 1 amide bonds. The smallest absolute Gasteiger partial charge is 0.251 e. The van der Waals surface area contributed by atoms with Gasteiger partial charge in [0.05, 0.1) is 12.1 Å². The van der Waals surface area contributed by atoms with E-state index < -0.39 is 6.10 Å². The van der Waals surface area contributed by atoms with Gasteiger partial charge in [0.15, 0.2) is 0 Å². The molecule has 5 nitrogen and oxygen atoms in total. The van der Waals surface area contributed by atoms with Crippen molar-refractivity contribution >= 4 is 18.3 Å².